The van der Waals surface area contributed by atoms with Crippen molar-refractivity contribution in [3.63, 3.8) is 0 Å². The average Bonchev–Trinajstić information content (AvgIpc) is 2.71. The number of aryl methyl sites for hydroxylation is 1. The van der Waals surface area contributed by atoms with Crippen LogP contribution in [0, 0.1) is 0 Å². The summed E-state index contributed by atoms with van der Waals surface area (Å²) in [4.78, 5) is 0. The topological polar surface area (TPSA) is 52.0 Å². The van der Waals surface area contributed by atoms with E-state index in [1.54, 1.807) is 0 Å². The first-order valence-electron chi connectivity index (χ1n) is 9.74. The minimum atomic E-state index is -0.209. The summed E-state index contributed by atoms with van der Waals surface area (Å²) in [5.41, 5.74) is 15.5. The highest BCUT2D eigenvalue weighted by molar-refractivity contribution is 6.14. The maximum absolute atomic E-state index is 5.71. The highest BCUT2D eigenvalue weighted by Crippen LogP contribution is 2.39. The number of hydrogen-bond donors (Lipinski definition) is 2. The van der Waals surface area contributed by atoms with E-state index in [2.05, 4.69) is 78.9 Å². The van der Waals surface area contributed by atoms with Crippen LogP contribution in [-0.2, 0) is 6.42 Å². The molecule has 0 aliphatic heterocycles. The lowest BCUT2D eigenvalue weighted by Crippen LogP contribution is -2.29. The van der Waals surface area contributed by atoms with E-state index in [4.69, 9.17) is 11.5 Å². The van der Waals surface area contributed by atoms with Crippen LogP contribution < -0.4 is 11.5 Å². The number of fused-ring (bicyclic) bond motifs is 2. The molecule has 2 heteroatoms. The van der Waals surface area contributed by atoms with Gasteiger partial charge in [0.15, 0.2) is 0 Å². The summed E-state index contributed by atoms with van der Waals surface area (Å²) in [5.74, 6) is 0. The minimum absolute atomic E-state index is 0.209. The SMILES string of the molecule is NC(N)CCCCc1c2ccccc2c(-c2ccccc2)c2ccccc12. The molecule has 0 saturated heterocycles. The molecule has 27 heavy (non-hydrogen) atoms. The van der Waals surface area contributed by atoms with Gasteiger partial charge in [-0.05, 0) is 57.5 Å². The molecule has 0 aliphatic carbocycles. The Kier molecular flexibility index (Phi) is 5.19. The van der Waals surface area contributed by atoms with Crippen molar-refractivity contribution in [2.75, 3.05) is 0 Å². The zero-order valence-corrected chi connectivity index (χ0v) is 15.6. The molecular formula is C25H26N2. The Morgan fingerprint density at radius 2 is 1.11 bits per heavy atom. The first-order valence-corrected chi connectivity index (χ1v) is 9.74. The van der Waals surface area contributed by atoms with Gasteiger partial charge in [0.05, 0.1) is 6.17 Å². The Bertz CT molecular complexity index is 995. The third kappa shape index (κ3) is 3.59. The molecule has 136 valence electrons. The normalized spacial score (nSPS) is 11.5. The van der Waals surface area contributed by atoms with E-state index in [1.807, 2.05) is 0 Å². The monoisotopic (exact) mass is 354 g/mol. The van der Waals surface area contributed by atoms with Crippen LogP contribution >= 0.6 is 0 Å². The number of hydrogen-bond acceptors (Lipinski definition) is 2. The van der Waals surface area contributed by atoms with Gasteiger partial charge in [0.25, 0.3) is 0 Å². The molecule has 0 bridgehead atoms. The van der Waals surface area contributed by atoms with Gasteiger partial charge in [-0.1, -0.05) is 85.3 Å². The number of nitrogens with two attached hydrogens (primary N) is 2. The molecule has 4 N–H and O–H groups in total. The summed E-state index contributed by atoms with van der Waals surface area (Å²) in [6.45, 7) is 0. The summed E-state index contributed by atoms with van der Waals surface area (Å²) < 4.78 is 0. The molecule has 0 amide bonds. The van der Waals surface area contributed by atoms with Crippen molar-refractivity contribution < 1.29 is 0 Å². The molecule has 4 rings (SSSR count). The van der Waals surface area contributed by atoms with E-state index in [1.165, 1.54) is 38.2 Å². The number of benzene rings is 4. The lowest BCUT2D eigenvalue weighted by molar-refractivity contribution is 0.581. The van der Waals surface area contributed by atoms with Crippen LogP contribution in [0.25, 0.3) is 32.7 Å². The summed E-state index contributed by atoms with van der Waals surface area (Å²) >= 11 is 0. The molecule has 0 fully saturated rings. The molecule has 4 aromatic carbocycles. The zero-order valence-electron chi connectivity index (χ0n) is 15.6. The molecule has 0 unspecified atom stereocenters. The lowest BCUT2D eigenvalue weighted by Gasteiger charge is -2.17. The van der Waals surface area contributed by atoms with Crippen LogP contribution in [0.3, 0.4) is 0 Å². The van der Waals surface area contributed by atoms with Gasteiger partial charge in [-0.2, -0.15) is 0 Å². The Morgan fingerprint density at radius 3 is 1.67 bits per heavy atom. The molecular weight excluding hydrogens is 328 g/mol. The van der Waals surface area contributed by atoms with Crippen molar-refractivity contribution in [3.8, 4) is 11.1 Å². The summed E-state index contributed by atoms with van der Waals surface area (Å²) in [6, 6.07) is 28.3. The van der Waals surface area contributed by atoms with E-state index >= 15 is 0 Å². The first-order chi connectivity index (χ1) is 13.3. The van der Waals surface area contributed by atoms with E-state index in [0.717, 1.165) is 25.7 Å². The predicted octanol–water partition coefficient (Wildman–Crippen LogP) is 5.62. The van der Waals surface area contributed by atoms with E-state index < -0.39 is 0 Å². The van der Waals surface area contributed by atoms with Gasteiger partial charge < -0.3 is 11.5 Å². The quantitative estimate of drug-likeness (QED) is 0.268. The van der Waals surface area contributed by atoms with Gasteiger partial charge in [0.1, 0.15) is 0 Å². The number of rotatable bonds is 6. The Morgan fingerprint density at radius 1 is 0.593 bits per heavy atom. The molecule has 0 aliphatic rings. The van der Waals surface area contributed by atoms with Crippen molar-refractivity contribution in [1.29, 1.82) is 0 Å². The van der Waals surface area contributed by atoms with Crippen molar-refractivity contribution in [3.05, 3.63) is 84.4 Å². The fraction of sp³-hybridized carbons (Fsp3) is 0.200. The zero-order chi connectivity index (χ0) is 18.6. The van der Waals surface area contributed by atoms with E-state index in [9.17, 15) is 0 Å². The van der Waals surface area contributed by atoms with E-state index in [-0.39, 0.29) is 6.17 Å². The van der Waals surface area contributed by atoms with E-state index in [0.29, 0.717) is 0 Å². The second-order valence-electron chi connectivity index (χ2n) is 7.22. The van der Waals surface area contributed by atoms with Crippen LogP contribution in [0.5, 0.6) is 0 Å². The van der Waals surface area contributed by atoms with Crippen molar-refractivity contribution in [2.45, 2.75) is 31.8 Å². The third-order valence-electron chi connectivity index (χ3n) is 5.32. The van der Waals surface area contributed by atoms with Crippen LogP contribution in [0.1, 0.15) is 24.8 Å². The van der Waals surface area contributed by atoms with Crippen LogP contribution in [-0.4, -0.2) is 6.17 Å². The smallest absolute Gasteiger partial charge is 0.0520 e. The van der Waals surface area contributed by atoms with Gasteiger partial charge >= 0.3 is 0 Å². The van der Waals surface area contributed by atoms with Crippen molar-refractivity contribution >= 4 is 21.5 Å². The van der Waals surface area contributed by atoms with Crippen molar-refractivity contribution in [2.24, 2.45) is 11.5 Å². The Balaban J connectivity index is 1.91. The highest BCUT2D eigenvalue weighted by Gasteiger charge is 2.14. The van der Waals surface area contributed by atoms with Crippen LogP contribution in [0.2, 0.25) is 0 Å². The molecule has 0 radical (unpaired) electrons. The molecule has 4 aromatic rings. The standard InChI is InChI=1S/C25H26N2/c26-24(27)17-9-8-12-19-20-13-4-6-15-22(20)25(18-10-2-1-3-11-18)23-16-7-5-14-21(19)23/h1-7,10-11,13-16,24H,8-9,12,17,26-27H2. The Labute approximate surface area is 160 Å². The second kappa shape index (κ2) is 7.91. The fourth-order valence-corrected chi connectivity index (χ4v) is 4.09. The largest absolute Gasteiger partial charge is 0.316 e. The summed E-state index contributed by atoms with van der Waals surface area (Å²) in [7, 11) is 0. The van der Waals surface area contributed by atoms with Crippen molar-refractivity contribution in [1.82, 2.24) is 0 Å². The van der Waals surface area contributed by atoms with Gasteiger partial charge in [0.2, 0.25) is 0 Å². The first kappa shape index (κ1) is 17.7. The second-order valence-corrected chi connectivity index (χ2v) is 7.22. The highest BCUT2D eigenvalue weighted by atomic mass is 14.8. The molecule has 0 aromatic heterocycles. The minimum Gasteiger partial charge on any atom is -0.316 e. The molecule has 0 atom stereocenters. The van der Waals surface area contributed by atoms with Crippen LogP contribution in [0.15, 0.2) is 78.9 Å². The summed E-state index contributed by atoms with van der Waals surface area (Å²) in [6.07, 6.45) is 3.87. The van der Waals surface area contributed by atoms with Gasteiger partial charge in [-0.15, -0.1) is 0 Å². The third-order valence-corrected chi connectivity index (χ3v) is 5.32. The Hall–Kier alpha value is -2.68. The molecule has 0 saturated carbocycles. The van der Waals surface area contributed by atoms with Gasteiger partial charge in [-0.25, -0.2) is 0 Å². The lowest BCUT2D eigenvalue weighted by atomic mass is 9.87. The predicted molar refractivity (Wildman–Crippen MR) is 117 cm³/mol. The van der Waals surface area contributed by atoms with Gasteiger partial charge in [0, 0.05) is 0 Å². The fourth-order valence-electron chi connectivity index (χ4n) is 4.09. The average molecular weight is 354 g/mol. The molecule has 2 nitrogen and oxygen atoms in total. The molecule has 0 spiro atoms. The van der Waals surface area contributed by atoms with Crippen LogP contribution in [0.4, 0.5) is 0 Å². The maximum atomic E-state index is 5.71. The summed E-state index contributed by atoms with van der Waals surface area (Å²) in [5, 5.41) is 5.36. The number of unbranched alkanes of at least 4 members (excludes halogenated alkanes) is 1. The maximum Gasteiger partial charge on any atom is 0.0520 e. The molecule has 0 heterocycles. The van der Waals surface area contributed by atoms with Gasteiger partial charge in [-0.3, -0.25) is 0 Å².